The van der Waals surface area contributed by atoms with Crippen LogP contribution >= 0.6 is 0 Å². The molecule has 0 aliphatic rings. The summed E-state index contributed by atoms with van der Waals surface area (Å²) in [6, 6.07) is 37.7. The van der Waals surface area contributed by atoms with Gasteiger partial charge in [-0.1, -0.05) is 115 Å². The van der Waals surface area contributed by atoms with Gasteiger partial charge in [-0.25, -0.2) is 4.98 Å². The van der Waals surface area contributed by atoms with Crippen LogP contribution in [0.25, 0.3) is 72.4 Å². The molecular weight excluding hydrogens is 667 g/mol. The SMILES string of the molecule is CC(C)Cc1cc(-c2cc(-c3cccc4c3nc(-c3cccc(C(C)(C)C)c3O)n4-c3ccccc3)c3oc4ccccc4c3c2)ncc1[Si](C)(C)C. The normalized spacial score (nSPS) is 12.5. The molecule has 8 rings (SSSR count). The van der Waals surface area contributed by atoms with Crippen LogP contribution in [0.4, 0.5) is 0 Å². The van der Waals surface area contributed by atoms with Crippen LogP contribution < -0.4 is 5.19 Å². The molecule has 1 N–H and O–H groups in total. The number of phenolic OH excluding ortho intramolecular Hbond substituents is 1. The average molecular weight is 714 g/mol. The van der Waals surface area contributed by atoms with E-state index < -0.39 is 8.07 Å². The quantitative estimate of drug-likeness (QED) is 0.167. The van der Waals surface area contributed by atoms with E-state index in [-0.39, 0.29) is 11.2 Å². The summed E-state index contributed by atoms with van der Waals surface area (Å²) in [4.78, 5) is 10.6. The van der Waals surface area contributed by atoms with Gasteiger partial charge in [-0.2, -0.15) is 0 Å². The molecule has 0 aliphatic carbocycles. The Labute approximate surface area is 313 Å². The Kier molecular flexibility index (Phi) is 8.42. The third-order valence-electron chi connectivity index (χ3n) is 10.3. The maximum Gasteiger partial charge on any atom is 0.149 e. The number of aromatic hydroxyl groups is 1. The van der Waals surface area contributed by atoms with Crippen LogP contribution in [-0.4, -0.2) is 27.7 Å². The third-order valence-corrected chi connectivity index (χ3v) is 12.3. The lowest BCUT2D eigenvalue weighted by Crippen LogP contribution is -2.40. The molecule has 5 nitrogen and oxygen atoms in total. The maximum absolute atomic E-state index is 11.8. The molecule has 0 aliphatic heterocycles. The van der Waals surface area contributed by atoms with Gasteiger partial charge in [-0.05, 0) is 82.6 Å². The van der Waals surface area contributed by atoms with E-state index in [1.807, 2.05) is 48.5 Å². The van der Waals surface area contributed by atoms with Crippen molar-refractivity contribution in [1.82, 2.24) is 14.5 Å². The predicted molar refractivity (Wildman–Crippen MR) is 224 cm³/mol. The molecule has 3 aromatic heterocycles. The molecule has 8 aromatic rings. The van der Waals surface area contributed by atoms with Crippen molar-refractivity contribution in [2.45, 2.75) is 66.1 Å². The number of para-hydroxylation sites is 4. The van der Waals surface area contributed by atoms with Gasteiger partial charge in [-0.3, -0.25) is 9.55 Å². The lowest BCUT2D eigenvalue weighted by atomic mass is 9.85. The molecule has 0 fully saturated rings. The molecule has 0 radical (unpaired) electrons. The first-order chi connectivity index (χ1) is 25.3. The number of rotatable bonds is 7. The Morgan fingerprint density at radius 3 is 2.23 bits per heavy atom. The van der Waals surface area contributed by atoms with E-state index in [9.17, 15) is 5.11 Å². The summed E-state index contributed by atoms with van der Waals surface area (Å²) in [5.41, 5.74) is 11.0. The zero-order valence-corrected chi connectivity index (χ0v) is 33.0. The van der Waals surface area contributed by atoms with Crippen LogP contribution in [0.2, 0.25) is 19.6 Å². The molecule has 6 heteroatoms. The number of hydrogen-bond donors (Lipinski definition) is 1. The largest absolute Gasteiger partial charge is 0.507 e. The first-order valence-corrected chi connectivity index (χ1v) is 22.1. The number of imidazole rings is 1. The van der Waals surface area contributed by atoms with Gasteiger partial charge in [0.25, 0.3) is 0 Å². The van der Waals surface area contributed by atoms with Gasteiger partial charge in [0.1, 0.15) is 22.7 Å². The molecule has 53 heavy (non-hydrogen) atoms. The van der Waals surface area contributed by atoms with Crippen molar-refractivity contribution in [2.24, 2.45) is 5.92 Å². The molecule has 0 spiro atoms. The number of hydrogen-bond acceptors (Lipinski definition) is 4. The molecule has 266 valence electrons. The first kappa shape index (κ1) is 34.6. The van der Waals surface area contributed by atoms with Gasteiger partial charge in [0.05, 0.1) is 30.4 Å². The van der Waals surface area contributed by atoms with E-state index >= 15 is 0 Å². The second kappa shape index (κ2) is 12.9. The van der Waals surface area contributed by atoms with Crippen LogP contribution in [0.1, 0.15) is 45.7 Å². The Morgan fingerprint density at radius 2 is 1.49 bits per heavy atom. The van der Waals surface area contributed by atoms with Crippen LogP contribution in [0.15, 0.2) is 120 Å². The highest BCUT2D eigenvalue weighted by molar-refractivity contribution is 6.89. The molecule has 0 atom stereocenters. The Balaban J connectivity index is 1.43. The number of furan rings is 1. The van der Waals surface area contributed by atoms with Crippen molar-refractivity contribution < 1.29 is 9.52 Å². The minimum Gasteiger partial charge on any atom is -0.507 e. The van der Waals surface area contributed by atoms with Crippen molar-refractivity contribution >= 4 is 46.2 Å². The van der Waals surface area contributed by atoms with Gasteiger partial charge in [0.2, 0.25) is 0 Å². The molecule has 0 saturated carbocycles. The first-order valence-electron chi connectivity index (χ1n) is 18.6. The van der Waals surface area contributed by atoms with Crippen LogP contribution in [0.3, 0.4) is 0 Å². The minimum absolute atomic E-state index is 0.251. The third kappa shape index (κ3) is 6.15. The number of aromatic nitrogens is 3. The lowest BCUT2D eigenvalue weighted by Gasteiger charge is -2.22. The summed E-state index contributed by atoms with van der Waals surface area (Å²) in [6.45, 7) is 18.1. The molecule has 0 bridgehead atoms. The Hall–Kier alpha value is -5.46. The number of benzene rings is 5. The smallest absolute Gasteiger partial charge is 0.149 e. The lowest BCUT2D eigenvalue weighted by molar-refractivity contribution is 0.448. The van der Waals surface area contributed by atoms with Gasteiger partial charge in [0.15, 0.2) is 0 Å². The van der Waals surface area contributed by atoms with Crippen molar-refractivity contribution in [2.75, 3.05) is 0 Å². The summed E-state index contributed by atoms with van der Waals surface area (Å²) < 4.78 is 8.87. The summed E-state index contributed by atoms with van der Waals surface area (Å²) in [6.07, 6.45) is 3.16. The number of fused-ring (bicyclic) bond motifs is 4. The summed E-state index contributed by atoms with van der Waals surface area (Å²) in [5, 5.41) is 15.4. The molecule has 3 heterocycles. The molecule has 0 unspecified atom stereocenters. The van der Waals surface area contributed by atoms with E-state index in [4.69, 9.17) is 14.4 Å². The van der Waals surface area contributed by atoms with Crippen LogP contribution in [0, 0.1) is 5.92 Å². The van der Waals surface area contributed by atoms with Crippen LogP contribution in [0.5, 0.6) is 5.75 Å². The fourth-order valence-electron chi connectivity index (χ4n) is 7.78. The van der Waals surface area contributed by atoms with Gasteiger partial charge in [-0.15, -0.1) is 0 Å². The fraction of sp³-hybridized carbons (Fsp3) is 0.234. The van der Waals surface area contributed by atoms with Crippen molar-refractivity contribution in [1.29, 1.82) is 0 Å². The van der Waals surface area contributed by atoms with E-state index in [2.05, 4.69) is 126 Å². The molecule has 5 aromatic carbocycles. The summed E-state index contributed by atoms with van der Waals surface area (Å²) in [7, 11) is -1.62. The molecule has 0 amide bonds. The highest BCUT2D eigenvalue weighted by atomic mass is 28.3. The summed E-state index contributed by atoms with van der Waals surface area (Å²) >= 11 is 0. The van der Waals surface area contributed by atoms with Gasteiger partial charge >= 0.3 is 0 Å². The second-order valence-corrected chi connectivity index (χ2v) is 21.8. The molecular formula is C47H47N3O2Si. The Morgan fingerprint density at radius 1 is 0.774 bits per heavy atom. The van der Waals surface area contributed by atoms with E-state index in [0.29, 0.717) is 17.3 Å². The van der Waals surface area contributed by atoms with Crippen LogP contribution in [-0.2, 0) is 11.8 Å². The Bertz CT molecular complexity index is 2650. The minimum atomic E-state index is -1.62. The van der Waals surface area contributed by atoms with Crippen molar-refractivity contribution in [3.8, 4) is 45.2 Å². The van der Waals surface area contributed by atoms with E-state index in [1.165, 1.54) is 10.8 Å². The predicted octanol–water partition coefficient (Wildman–Crippen LogP) is 12.1. The summed E-state index contributed by atoms with van der Waals surface area (Å²) in [5.74, 6) is 1.47. The topological polar surface area (TPSA) is 64.1 Å². The van der Waals surface area contributed by atoms with E-state index in [1.54, 1.807) is 0 Å². The maximum atomic E-state index is 11.8. The zero-order valence-electron chi connectivity index (χ0n) is 32.0. The second-order valence-electron chi connectivity index (χ2n) is 16.8. The number of nitrogens with zero attached hydrogens (tertiary/aromatic N) is 3. The molecule has 0 saturated heterocycles. The van der Waals surface area contributed by atoms with Gasteiger partial charge < -0.3 is 9.52 Å². The highest BCUT2D eigenvalue weighted by Gasteiger charge is 2.27. The van der Waals surface area contributed by atoms with Gasteiger partial charge in [0, 0.05) is 39.3 Å². The monoisotopic (exact) mass is 713 g/mol. The standard InChI is InChI=1S/C47H47N3O2Si/c1-29(2)24-31-27-39(48-28-42(31)53(6,7)8)30-25-36-33-18-12-13-23-41(33)52-45(36)37(26-30)34-19-15-22-40-43(34)49-46(50(40)32-16-10-9-11-17-32)35-20-14-21-38(44(35)51)47(3,4)5/h9-23,25-29,51H,24H2,1-8H3. The van der Waals surface area contributed by atoms with Crippen molar-refractivity contribution in [3.63, 3.8) is 0 Å². The highest BCUT2D eigenvalue weighted by Crippen LogP contribution is 2.44. The zero-order chi connectivity index (χ0) is 37.2. The number of phenols is 1. The van der Waals surface area contributed by atoms with Crippen molar-refractivity contribution in [3.05, 3.63) is 127 Å². The average Bonchev–Trinajstić information content (AvgIpc) is 3.69. The fourth-order valence-corrected chi connectivity index (χ4v) is 9.37. The van der Waals surface area contributed by atoms with E-state index in [0.717, 1.165) is 73.0 Å². The number of pyridine rings is 1.